The van der Waals surface area contributed by atoms with Crippen LogP contribution in [0.2, 0.25) is 5.02 Å². The largest absolute Gasteiger partial charge is 0.379 e. The summed E-state index contributed by atoms with van der Waals surface area (Å²) in [5.74, 6) is -0.180. The Balaban J connectivity index is 1.24. The molecule has 0 bridgehead atoms. The zero-order valence-corrected chi connectivity index (χ0v) is 23.9. The van der Waals surface area contributed by atoms with Gasteiger partial charge in [-0.1, -0.05) is 35.9 Å². The van der Waals surface area contributed by atoms with E-state index in [-0.39, 0.29) is 5.56 Å². The normalized spacial score (nSPS) is 13.9. The van der Waals surface area contributed by atoms with Crippen LogP contribution in [0.25, 0.3) is 33.3 Å². The van der Waals surface area contributed by atoms with Crippen molar-refractivity contribution in [3.63, 3.8) is 0 Å². The lowest BCUT2D eigenvalue weighted by atomic mass is 10.0. The van der Waals surface area contributed by atoms with Gasteiger partial charge in [-0.05, 0) is 60.9 Å². The molecule has 0 amide bonds. The van der Waals surface area contributed by atoms with Crippen LogP contribution in [0.3, 0.4) is 0 Å². The first-order valence-electron chi connectivity index (χ1n) is 14.0. The lowest BCUT2D eigenvalue weighted by Gasteiger charge is -2.26. The average Bonchev–Trinajstić information content (AvgIpc) is 3.01. The zero-order valence-electron chi connectivity index (χ0n) is 23.2. The van der Waals surface area contributed by atoms with Crippen molar-refractivity contribution in [1.29, 1.82) is 0 Å². The molecule has 1 aliphatic heterocycles. The molecule has 0 aliphatic carbocycles. The third kappa shape index (κ3) is 5.90. The summed E-state index contributed by atoms with van der Waals surface area (Å²) in [5, 5.41) is 4.30. The maximum absolute atomic E-state index is 14.2. The lowest BCUT2D eigenvalue weighted by Crippen LogP contribution is -2.37. The van der Waals surface area contributed by atoms with Gasteiger partial charge in [0.25, 0.3) is 5.56 Å². The molecule has 4 heterocycles. The number of halogens is 2. The van der Waals surface area contributed by atoms with Gasteiger partial charge in [-0.2, -0.15) is 9.37 Å². The number of rotatable bonds is 8. The van der Waals surface area contributed by atoms with Crippen LogP contribution in [0.1, 0.15) is 12.5 Å². The van der Waals surface area contributed by atoms with Crippen molar-refractivity contribution < 1.29 is 9.13 Å². The molecule has 42 heavy (non-hydrogen) atoms. The van der Waals surface area contributed by atoms with Crippen LogP contribution >= 0.6 is 11.6 Å². The first kappa shape index (κ1) is 28.0. The highest BCUT2D eigenvalue weighted by Crippen LogP contribution is 2.32. The van der Waals surface area contributed by atoms with Crippen LogP contribution in [0.4, 0.5) is 16.0 Å². The van der Waals surface area contributed by atoms with Crippen molar-refractivity contribution in [2.24, 2.45) is 0 Å². The number of benzene rings is 2. The Morgan fingerprint density at radius 1 is 1.00 bits per heavy atom. The van der Waals surface area contributed by atoms with Crippen LogP contribution in [0, 0.1) is 5.95 Å². The Hall–Kier alpha value is -4.18. The fourth-order valence-corrected chi connectivity index (χ4v) is 5.49. The molecule has 3 aromatic heterocycles. The maximum Gasteiger partial charge on any atom is 0.260 e. The van der Waals surface area contributed by atoms with E-state index in [1.54, 1.807) is 47.2 Å². The number of ether oxygens (including phenoxy) is 1. The molecule has 0 spiro atoms. The zero-order chi connectivity index (χ0) is 29.1. The second-order valence-corrected chi connectivity index (χ2v) is 10.5. The summed E-state index contributed by atoms with van der Waals surface area (Å²) in [6.07, 6.45) is 4.07. The molecule has 1 aliphatic rings. The van der Waals surface area contributed by atoms with Gasteiger partial charge < -0.3 is 10.1 Å². The number of fused-ring (bicyclic) bond motifs is 1. The highest BCUT2D eigenvalue weighted by atomic mass is 35.5. The summed E-state index contributed by atoms with van der Waals surface area (Å²) >= 11 is 6.63. The first-order valence-corrected chi connectivity index (χ1v) is 14.4. The Morgan fingerprint density at radius 3 is 2.55 bits per heavy atom. The van der Waals surface area contributed by atoms with Crippen LogP contribution in [0.5, 0.6) is 0 Å². The van der Waals surface area contributed by atoms with E-state index in [4.69, 9.17) is 16.3 Å². The first-order chi connectivity index (χ1) is 20.5. The van der Waals surface area contributed by atoms with Crippen LogP contribution < -0.4 is 10.9 Å². The van der Waals surface area contributed by atoms with Gasteiger partial charge in [0.2, 0.25) is 11.9 Å². The Morgan fingerprint density at radius 2 is 1.81 bits per heavy atom. The third-order valence-electron chi connectivity index (χ3n) is 7.50. The molecule has 0 saturated carbocycles. The maximum atomic E-state index is 14.2. The number of pyridine rings is 2. The molecule has 6 rings (SSSR count). The number of nitrogens with zero attached hydrogens (tertiary/aromatic N) is 5. The van der Waals surface area contributed by atoms with Gasteiger partial charge in [0, 0.05) is 71.4 Å². The highest BCUT2D eigenvalue weighted by molar-refractivity contribution is 6.33. The van der Waals surface area contributed by atoms with Gasteiger partial charge in [0.05, 0.1) is 13.2 Å². The van der Waals surface area contributed by atoms with E-state index < -0.39 is 5.95 Å². The van der Waals surface area contributed by atoms with Crippen molar-refractivity contribution >= 4 is 34.3 Å². The highest BCUT2D eigenvalue weighted by Gasteiger charge is 2.17. The Bertz CT molecular complexity index is 1790. The van der Waals surface area contributed by atoms with Crippen molar-refractivity contribution in [1.82, 2.24) is 24.4 Å². The van der Waals surface area contributed by atoms with Crippen molar-refractivity contribution in [3.8, 4) is 22.3 Å². The number of hydrogen-bond acceptors (Lipinski definition) is 7. The van der Waals surface area contributed by atoms with E-state index in [1.165, 1.54) is 11.8 Å². The van der Waals surface area contributed by atoms with Crippen molar-refractivity contribution in [2.45, 2.75) is 19.9 Å². The minimum atomic E-state index is -0.582. The van der Waals surface area contributed by atoms with E-state index in [1.807, 2.05) is 19.1 Å². The fourth-order valence-electron chi connectivity index (χ4n) is 5.20. The lowest BCUT2D eigenvalue weighted by molar-refractivity contribution is 0.0384. The predicted molar refractivity (Wildman–Crippen MR) is 164 cm³/mol. The number of nitrogens with one attached hydrogen (secondary N) is 1. The van der Waals surface area contributed by atoms with E-state index in [0.29, 0.717) is 50.8 Å². The molecule has 1 fully saturated rings. The number of morpholine rings is 1. The topological polar surface area (TPSA) is 85.2 Å². The SMILES string of the molecule is CCn1c(=O)c(-c2ccc(-c3cccnc3F)cc2Cl)cc2cnc(Nc3ccc(CCN4CCOCC4)cc3)nc21. The van der Waals surface area contributed by atoms with Gasteiger partial charge in [0.15, 0.2) is 0 Å². The van der Waals surface area contributed by atoms with Gasteiger partial charge in [0.1, 0.15) is 5.65 Å². The Kier molecular flexibility index (Phi) is 8.23. The van der Waals surface area contributed by atoms with E-state index in [0.717, 1.165) is 45.0 Å². The van der Waals surface area contributed by atoms with Crippen LogP contribution in [-0.4, -0.2) is 57.3 Å². The molecular formula is C32H30ClFN6O2. The molecule has 0 radical (unpaired) electrons. The van der Waals surface area contributed by atoms with Gasteiger partial charge >= 0.3 is 0 Å². The van der Waals surface area contributed by atoms with Gasteiger partial charge in [-0.3, -0.25) is 14.3 Å². The van der Waals surface area contributed by atoms with E-state index >= 15 is 0 Å². The molecule has 1 N–H and O–H groups in total. The second-order valence-electron chi connectivity index (χ2n) is 10.1. The van der Waals surface area contributed by atoms with E-state index in [2.05, 4.69) is 37.3 Å². The third-order valence-corrected chi connectivity index (χ3v) is 7.82. The predicted octanol–water partition coefficient (Wildman–Crippen LogP) is 5.95. The Labute approximate surface area is 247 Å². The molecule has 0 atom stereocenters. The molecule has 8 nitrogen and oxygen atoms in total. The van der Waals surface area contributed by atoms with Gasteiger partial charge in [-0.25, -0.2) is 9.97 Å². The number of anilines is 2. The summed E-state index contributed by atoms with van der Waals surface area (Å²) in [6, 6.07) is 18.4. The molecule has 214 valence electrons. The monoisotopic (exact) mass is 584 g/mol. The summed E-state index contributed by atoms with van der Waals surface area (Å²) in [7, 11) is 0. The number of aryl methyl sites for hydroxylation is 1. The molecule has 0 unspecified atom stereocenters. The molecule has 2 aromatic carbocycles. The number of aromatic nitrogens is 4. The number of hydrogen-bond donors (Lipinski definition) is 1. The van der Waals surface area contributed by atoms with Crippen LogP contribution in [-0.2, 0) is 17.7 Å². The van der Waals surface area contributed by atoms with Crippen molar-refractivity contribution in [2.75, 3.05) is 38.2 Å². The minimum absolute atomic E-state index is 0.221. The summed E-state index contributed by atoms with van der Waals surface area (Å²) < 4.78 is 21.3. The van der Waals surface area contributed by atoms with E-state index in [9.17, 15) is 9.18 Å². The molecule has 1 saturated heterocycles. The molecule has 10 heteroatoms. The van der Waals surface area contributed by atoms with Crippen molar-refractivity contribution in [3.05, 3.63) is 99.9 Å². The smallest absolute Gasteiger partial charge is 0.260 e. The molecule has 5 aromatic rings. The quantitative estimate of drug-likeness (QED) is 0.226. The molecular weight excluding hydrogens is 555 g/mol. The fraction of sp³-hybridized carbons (Fsp3) is 0.250. The summed E-state index contributed by atoms with van der Waals surface area (Å²) in [5.41, 5.74) is 4.32. The minimum Gasteiger partial charge on any atom is -0.379 e. The summed E-state index contributed by atoms with van der Waals surface area (Å²) in [6.45, 7) is 6.89. The standard InChI is InChI=1S/C32H30ClFN6O2/c1-2-40-30-23(18-27(31(40)41)26-10-7-22(19-28(26)33)25-4-3-12-35-29(25)34)20-36-32(38-30)37-24-8-5-21(6-9-24)11-13-39-14-16-42-17-15-39/h3-10,12,18-20H,2,11,13-17H2,1H3,(H,36,37,38). The summed E-state index contributed by atoms with van der Waals surface area (Å²) in [4.78, 5) is 28.9. The van der Waals surface area contributed by atoms with Gasteiger partial charge in [-0.15, -0.1) is 0 Å². The van der Waals surface area contributed by atoms with Crippen LogP contribution in [0.15, 0.2) is 77.9 Å². The second kappa shape index (κ2) is 12.4. The average molecular weight is 585 g/mol.